The van der Waals surface area contributed by atoms with Gasteiger partial charge in [-0.3, -0.25) is 0 Å². The molecule has 2 aliphatic rings. The maximum absolute atomic E-state index is 3.84. The maximum atomic E-state index is 3.84. The van der Waals surface area contributed by atoms with E-state index in [2.05, 4.69) is 64.5 Å². The Hall–Kier alpha value is 0.628. The molecule has 158 valence electrons. The number of allylic oxidation sites excluding steroid dienone is 2. The minimum absolute atomic E-state index is 0. The second-order valence-corrected chi connectivity index (χ2v) is 18.6. The van der Waals surface area contributed by atoms with Crippen molar-refractivity contribution in [1.29, 1.82) is 0 Å². The van der Waals surface area contributed by atoms with Crippen LogP contribution in [0.4, 0.5) is 0 Å². The Labute approximate surface area is 202 Å². The van der Waals surface area contributed by atoms with Crippen LogP contribution in [0.5, 0.6) is 0 Å². The van der Waals surface area contributed by atoms with Gasteiger partial charge in [0.15, 0.2) is 0 Å². The van der Waals surface area contributed by atoms with Crippen LogP contribution in [0.2, 0.25) is 39.3 Å². The summed E-state index contributed by atoms with van der Waals surface area (Å²) in [6.07, 6.45) is 24.8. The molecule has 2 aliphatic carbocycles. The summed E-state index contributed by atoms with van der Waals surface area (Å²) in [5.41, 5.74) is 10.7. The normalized spacial score (nSPS) is 17.7. The van der Waals surface area contributed by atoms with Crippen LogP contribution in [-0.2, 0) is 21.7 Å². The Morgan fingerprint density at radius 1 is 0.517 bits per heavy atom. The molecular formula is C26H42Si2Ti. The molecule has 2 fully saturated rings. The van der Waals surface area contributed by atoms with Crippen molar-refractivity contribution < 1.29 is 21.7 Å². The van der Waals surface area contributed by atoms with E-state index < -0.39 is 16.1 Å². The van der Waals surface area contributed by atoms with Crippen LogP contribution in [0.3, 0.4) is 0 Å². The molecule has 0 spiro atoms. The average Bonchev–Trinajstić information content (AvgIpc) is 3.30. The molecule has 3 heteroatoms. The molecule has 10 radical (unpaired) electrons. The van der Waals surface area contributed by atoms with Crippen LogP contribution in [0, 0.1) is 75.6 Å². The Balaban J connectivity index is 0. The first-order chi connectivity index (χ1) is 13.1. The molecule has 0 unspecified atom stereocenters. The summed E-state index contributed by atoms with van der Waals surface area (Å²) in [6.45, 7) is 18.8. The molecule has 0 N–H and O–H groups in total. The second kappa shape index (κ2) is 18.2. The first-order valence-corrected chi connectivity index (χ1v) is 17.7. The Morgan fingerprint density at radius 3 is 0.862 bits per heavy atom. The fourth-order valence-electron chi connectivity index (χ4n) is 2.62. The van der Waals surface area contributed by atoms with Crippen molar-refractivity contribution in [3.63, 3.8) is 0 Å². The van der Waals surface area contributed by atoms with Gasteiger partial charge in [-0.1, -0.05) is 66.0 Å². The molecule has 0 atom stereocenters. The van der Waals surface area contributed by atoms with Crippen LogP contribution in [0.15, 0.2) is 11.1 Å². The Bertz CT molecular complexity index is 373. The first-order valence-electron chi connectivity index (χ1n) is 10.7. The summed E-state index contributed by atoms with van der Waals surface area (Å²) in [5.74, 6) is 0. The van der Waals surface area contributed by atoms with Gasteiger partial charge in [-0.25, -0.2) is 0 Å². The van der Waals surface area contributed by atoms with E-state index in [1.807, 2.05) is 64.2 Å². The topological polar surface area (TPSA) is 0 Å². The Morgan fingerprint density at radius 2 is 0.724 bits per heavy atom. The predicted octanol–water partition coefficient (Wildman–Crippen LogP) is 7.84. The van der Waals surface area contributed by atoms with Crippen molar-refractivity contribution in [2.75, 3.05) is 0 Å². The summed E-state index contributed by atoms with van der Waals surface area (Å²) in [5, 5.41) is 0. The van der Waals surface area contributed by atoms with Crippen LogP contribution in [0.25, 0.3) is 0 Å². The van der Waals surface area contributed by atoms with Crippen molar-refractivity contribution >= 4 is 16.1 Å². The van der Waals surface area contributed by atoms with Crippen molar-refractivity contribution in [3.8, 4) is 0 Å². The maximum Gasteiger partial charge on any atom is 2.00 e. The van der Waals surface area contributed by atoms with Gasteiger partial charge >= 0.3 is 21.7 Å². The van der Waals surface area contributed by atoms with Gasteiger partial charge in [0.2, 0.25) is 0 Å². The standard InChI is InChI=1S/C16H32Si2.2C5H5.Ti/c1-9-11-15(13-17(3,4)5)16(12-10-2)14-18(6,7)8;2*1-2-4-5-3-1;/h9-12H2,1-8H3;2*1-5H;/q-2;;;+2. The molecule has 0 bridgehead atoms. The smallest absolute Gasteiger partial charge is 0.377 e. The van der Waals surface area contributed by atoms with Gasteiger partial charge in [0.25, 0.3) is 0 Å². The summed E-state index contributed by atoms with van der Waals surface area (Å²) in [4.78, 5) is 0. The summed E-state index contributed by atoms with van der Waals surface area (Å²) >= 11 is 0. The van der Waals surface area contributed by atoms with Gasteiger partial charge in [-0.15, -0.1) is 12.8 Å². The van der Waals surface area contributed by atoms with Crippen molar-refractivity contribution in [1.82, 2.24) is 0 Å². The van der Waals surface area contributed by atoms with Crippen molar-refractivity contribution in [2.24, 2.45) is 0 Å². The summed E-state index contributed by atoms with van der Waals surface area (Å²) < 4.78 is 0. The monoisotopic (exact) mass is 458 g/mol. The van der Waals surface area contributed by atoms with E-state index in [0.29, 0.717) is 0 Å². The number of hydrogen-bond donors (Lipinski definition) is 0. The molecule has 0 aromatic carbocycles. The molecule has 0 saturated heterocycles. The van der Waals surface area contributed by atoms with Gasteiger partial charge in [0.1, 0.15) is 0 Å². The third kappa shape index (κ3) is 21.6. The van der Waals surface area contributed by atoms with E-state index >= 15 is 0 Å². The number of rotatable bonds is 7. The quantitative estimate of drug-likeness (QED) is 0.207. The van der Waals surface area contributed by atoms with E-state index in [1.165, 1.54) is 36.8 Å². The zero-order valence-electron chi connectivity index (χ0n) is 20.1. The van der Waals surface area contributed by atoms with Gasteiger partial charge < -0.3 is 22.5 Å². The molecule has 29 heavy (non-hydrogen) atoms. The minimum Gasteiger partial charge on any atom is -0.377 e. The molecular weight excluding hydrogens is 416 g/mol. The third-order valence-corrected chi connectivity index (χ3v) is 5.63. The van der Waals surface area contributed by atoms with Gasteiger partial charge in [0.05, 0.1) is 0 Å². The molecule has 0 aromatic heterocycles. The van der Waals surface area contributed by atoms with Crippen LogP contribution >= 0.6 is 0 Å². The van der Waals surface area contributed by atoms with E-state index in [4.69, 9.17) is 0 Å². The van der Waals surface area contributed by atoms with Gasteiger partial charge in [0, 0.05) is 0 Å². The summed E-state index contributed by atoms with van der Waals surface area (Å²) in [7, 11) is -2.51. The molecule has 2 saturated carbocycles. The summed E-state index contributed by atoms with van der Waals surface area (Å²) in [6, 6.07) is 0. The minimum atomic E-state index is -1.26. The zero-order chi connectivity index (χ0) is 21.5. The van der Waals surface area contributed by atoms with E-state index in [9.17, 15) is 0 Å². The van der Waals surface area contributed by atoms with E-state index in [-0.39, 0.29) is 21.7 Å². The van der Waals surface area contributed by atoms with Gasteiger partial charge in [-0.05, 0) is 80.4 Å². The molecule has 0 amide bonds. The van der Waals surface area contributed by atoms with Crippen molar-refractivity contribution in [3.05, 3.63) is 86.8 Å². The van der Waals surface area contributed by atoms with Crippen LogP contribution in [-0.4, -0.2) is 16.1 Å². The molecule has 0 nitrogen and oxygen atoms in total. The van der Waals surface area contributed by atoms with Crippen molar-refractivity contribution in [2.45, 2.75) is 78.8 Å². The zero-order valence-corrected chi connectivity index (χ0v) is 23.7. The molecule has 0 aromatic rings. The number of hydrogen-bond acceptors (Lipinski definition) is 0. The first kappa shape index (κ1) is 31.8. The van der Waals surface area contributed by atoms with E-state index in [1.54, 1.807) is 0 Å². The SMILES string of the molecule is CCCC(=[C-][Si](C)(C)C)C(=[C-][Si](C)(C)C)CCC.[CH]1[CH][CH][CH][CH]1.[CH]1[CH][CH][CH][CH]1.[Ti+2]. The second-order valence-electron chi connectivity index (χ2n) is 9.13. The fraction of sp³-hybridized carbons (Fsp3) is 0.462. The molecule has 0 heterocycles. The molecule has 0 aliphatic heterocycles. The Kier molecular flexibility index (Phi) is 20.0. The van der Waals surface area contributed by atoms with Crippen LogP contribution in [0.1, 0.15) is 39.5 Å². The van der Waals surface area contributed by atoms with Gasteiger partial charge in [-0.2, -0.15) is 0 Å². The van der Waals surface area contributed by atoms with Crippen LogP contribution < -0.4 is 0 Å². The predicted molar refractivity (Wildman–Crippen MR) is 133 cm³/mol. The average molecular weight is 459 g/mol. The largest absolute Gasteiger partial charge is 2.00 e. The fourth-order valence-corrected chi connectivity index (χ4v) is 4.99. The van der Waals surface area contributed by atoms with E-state index in [0.717, 1.165) is 0 Å². The molecule has 2 rings (SSSR count). The third-order valence-electron chi connectivity index (χ3n) is 3.53.